The molecule has 0 spiro atoms. The van der Waals surface area contributed by atoms with Crippen LogP contribution >= 0.6 is 0 Å². The van der Waals surface area contributed by atoms with E-state index in [1.807, 2.05) is 24.3 Å². The van der Waals surface area contributed by atoms with Crippen molar-refractivity contribution >= 4 is 22.7 Å². The molecule has 0 aliphatic heterocycles. The van der Waals surface area contributed by atoms with Crippen LogP contribution in [-0.2, 0) is 13.0 Å². The van der Waals surface area contributed by atoms with E-state index in [2.05, 4.69) is 55.0 Å². The summed E-state index contributed by atoms with van der Waals surface area (Å²) in [4.78, 5) is 16.1. The number of H-pyrrole nitrogens is 1. The van der Waals surface area contributed by atoms with Crippen LogP contribution in [0.25, 0.3) is 10.9 Å². The van der Waals surface area contributed by atoms with Crippen molar-refractivity contribution in [2.75, 3.05) is 17.2 Å². The van der Waals surface area contributed by atoms with Gasteiger partial charge >= 0.3 is 0 Å². The summed E-state index contributed by atoms with van der Waals surface area (Å²) >= 11 is 0. The van der Waals surface area contributed by atoms with Crippen molar-refractivity contribution in [3.8, 4) is 0 Å². The van der Waals surface area contributed by atoms with Gasteiger partial charge in [0.1, 0.15) is 5.82 Å². The number of anilines is 2. The number of benzene rings is 1. The van der Waals surface area contributed by atoms with Gasteiger partial charge in [0.25, 0.3) is 0 Å². The number of aromatic nitrogens is 4. The lowest BCUT2D eigenvalue weighted by Gasteiger charge is -2.08. The topological polar surface area (TPSA) is 78.5 Å². The highest BCUT2D eigenvalue weighted by Crippen LogP contribution is 2.18. The van der Waals surface area contributed by atoms with Crippen LogP contribution in [0.3, 0.4) is 0 Å². The van der Waals surface area contributed by atoms with Gasteiger partial charge in [-0.05, 0) is 41.8 Å². The fourth-order valence-corrected chi connectivity index (χ4v) is 2.89. The van der Waals surface area contributed by atoms with E-state index in [9.17, 15) is 0 Å². The first kappa shape index (κ1) is 16.1. The van der Waals surface area contributed by atoms with Crippen LogP contribution in [-0.4, -0.2) is 26.5 Å². The molecule has 4 rings (SSSR count). The molecule has 3 N–H and O–H groups in total. The van der Waals surface area contributed by atoms with Gasteiger partial charge in [-0.15, -0.1) is 0 Å². The Morgan fingerprint density at radius 1 is 0.923 bits per heavy atom. The smallest absolute Gasteiger partial charge is 0.224 e. The van der Waals surface area contributed by atoms with Crippen LogP contribution in [0, 0.1) is 0 Å². The van der Waals surface area contributed by atoms with Crippen molar-refractivity contribution in [3.05, 3.63) is 78.4 Å². The van der Waals surface area contributed by atoms with Crippen molar-refractivity contribution in [1.82, 2.24) is 19.9 Å². The molecule has 0 aliphatic rings. The third kappa shape index (κ3) is 3.80. The second-order valence-electron chi connectivity index (χ2n) is 6.01. The minimum Gasteiger partial charge on any atom is -0.370 e. The largest absolute Gasteiger partial charge is 0.370 e. The quantitative estimate of drug-likeness (QED) is 0.477. The molecule has 6 nitrogen and oxygen atoms in total. The third-order valence-electron chi connectivity index (χ3n) is 4.23. The molecular formula is C20H20N6. The van der Waals surface area contributed by atoms with Crippen molar-refractivity contribution in [1.29, 1.82) is 0 Å². The average Bonchev–Trinajstić information content (AvgIpc) is 3.11. The predicted molar refractivity (Wildman–Crippen MR) is 104 cm³/mol. The number of fused-ring (bicyclic) bond motifs is 1. The van der Waals surface area contributed by atoms with Crippen LogP contribution in [0.15, 0.2) is 67.3 Å². The highest BCUT2D eigenvalue weighted by molar-refractivity contribution is 5.83. The standard InChI is InChI=1S/C20H20N6/c1-2-4-18-17(3-1)16(14-24-18)7-11-22-19-8-12-23-20(26-19)25-13-15-5-9-21-10-6-15/h1-6,8-10,12,14,24H,7,11,13H2,(H2,22,23,25,26). The molecule has 0 amide bonds. The highest BCUT2D eigenvalue weighted by Gasteiger charge is 2.03. The second-order valence-corrected chi connectivity index (χ2v) is 6.01. The van der Waals surface area contributed by atoms with Crippen molar-refractivity contribution in [3.63, 3.8) is 0 Å². The first-order chi connectivity index (χ1) is 12.9. The zero-order chi connectivity index (χ0) is 17.6. The fourth-order valence-electron chi connectivity index (χ4n) is 2.89. The highest BCUT2D eigenvalue weighted by atomic mass is 15.1. The monoisotopic (exact) mass is 344 g/mol. The van der Waals surface area contributed by atoms with Gasteiger partial charge in [-0.1, -0.05) is 18.2 Å². The number of rotatable bonds is 7. The van der Waals surface area contributed by atoms with Gasteiger partial charge in [0.2, 0.25) is 5.95 Å². The summed E-state index contributed by atoms with van der Waals surface area (Å²) in [5, 5.41) is 7.88. The summed E-state index contributed by atoms with van der Waals surface area (Å²) in [7, 11) is 0. The van der Waals surface area contributed by atoms with E-state index in [1.54, 1.807) is 18.6 Å². The number of aromatic amines is 1. The SMILES string of the molecule is c1ccc2c(CCNc3ccnc(NCc4ccncc4)n3)c[nH]c2c1. The van der Waals surface area contributed by atoms with Crippen molar-refractivity contribution in [2.45, 2.75) is 13.0 Å². The lowest BCUT2D eigenvalue weighted by Crippen LogP contribution is -2.09. The molecule has 0 saturated carbocycles. The number of para-hydroxylation sites is 1. The van der Waals surface area contributed by atoms with E-state index in [0.717, 1.165) is 24.3 Å². The summed E-state index contributed by atoms with van der Waals surface area (Å²) in [6.07, 6.45) is 8.32. The Balaban J connectivity index is 1.33. The maximum absolute atomic E-state index is 4.51. The Bertz CT molecular complexity index is 980. The third-order valence-corrected chi connectivity index (χ3v) is 4.23. The molecule has 3 heterocycles. The summed E-state index contributed by atoms with van der Waals surface area (Å²) in [6, 6.07) is 14.2. The minimum atomic E-state index is 0.610. The van der Waals surface area contributed by atoms with E-state index >= 15 is 0 Å². The first-order valence-electron chi connectivity index (χ1n) is 8.63. The number of nitrogens with zero attached hydrogens (tertiary/aromatic N) is 3. The lowest BCUT2D eigenvalue weighted by molar-refractivity contribution is 0.996. The first-order valence-corrected chi connectivity index (χ1v) is 8.63. The van der Waals surface area contributed by atoms with E-state index in [1.165, 1.54) is 16.5 Å². The summed E-state index contributed by atoms with van der Waals surface area (Å²) in [6.45, 7) is 1.48. The van der Waals surface area contributed by atoms with Gasteiger partial charge in [-0.25, -0.2) is 4.98 Å². The van der Waals surface area contributed by atoms with E-state index in [-0.39, 0.29) is 0 Å². The summed E-state index contributed by atoms with van der Waals surface area (Å²) < 4.78 is 0. The van der Waals surface area contributed by atoms with Gasteiger partial charge < -0.3 is 15.6 Å². The molecule has 1 aromatic carbocycles. The number of hydrogen-bond acceptors (Lipinski definition) is 5. The summed E-state index contributed by atoms with van der Waals surface area (Å²) in [5.41, 5.74) is 3.62. The molecule has 3 aromatic heterocycles. The Hall–Kier alpha value is -3.41. The average molecular weight is 344 g/mol. The summed E-state index contributed by atoms with van der Waals surface area (Å²) in [5.74, 6) is 1.43. The Morgan fingerprint density at radius 3 is 2.73 bits per heavy atom. The van der Waals surface area contributed by atoms with Crippen LogP contribution in [0.4, 0.5) is 11.8 Å². The molecule has 6 heteroatoms. The zero-order valence-electron chi connectivity index (χ0n) is 14.3. The van der Waals surface area contributed by atoms with Gasteiger partial charge in [0, 0.05) is 48.8 Å². The van der Waals surface area contributed by atoms with Gasteiger partial charge in [-0.2, -0.15) is 4.98 Å². The molecule has 130 valence electrons. The zero-order valence-corrected chi connectivity index (χ0v) is 14.3. The number of hydrogen-bond donors (Lipinski definition) is 3. The fraction of sp³-hybridized carbons (Fsp3) is 0.150. The molecule has 0 radical (unpaired) electrons. The van der Waals surface area contributed by atoms with Crippen LogP contribution in [0.5, 0.6) is 0 Å². The predicted octanol–water partition coefficient (Wildman–Crippen LogP) is 3.62. The number of pyridine rings is 1. The van der Waals surface area contributed by atoms with E-state index in [4.69, 9.17) is 0 Å². The molecular weight excluding hydrogens is 324 g/mol. The molecule has 26 heavy (non-hydrogen) atoms. The van der Waals surface area contributed by atoms with Crippen molar-refractivity contribution in [2.24, 2.45) is 0 Å². The van der Waals surface area contributed by atoms with Gasteiger partial charge in [0.15, 0.2) is 0 Å². The molecule has 4 aromatic rings. The molecule has 0 bridgehead atoms. The van der Waals surface area contributed by atoms with E-state index in [0.29, 0.717) is 12.5 Å². The lowest BCUT2D eigenvalue weighted by atomic mass is 10.1. The molecule has 0 fully saturated rings. The maximum atomic E-state index is 4.51. The second kappa shape index (κ2) is 7.65. The van der Waals surface area contributed by atoms with Crippen LogP contribution in [0.1, 0.15) is 11.1 Å². The molecule has 0 unspecified atom stereocenters. The maximum Gasteiger partial charge on any atom is 0.224 e. The number of nitrogens with one attached hydrogen (secondary N) is 3. The van der Waals surface area contributed by atoms with E-state index < -0.39 is 0 Å². The van der Waals surface area contributed by atoms with Crippen LogP contribution < -0.4 is 10.6 Å². The van der Waals surface area contributed by atoms with Crippen molar-refractivity contribution < 1.29 is 0 Å². The van der Waals surface area contributed by atoms with Gasteiger partial charge in [-0.3, -0.25) is 4.98 Å². The molecule has 0 saturated heterocycles. The Morgan fingerprint density at radius 2 is 1.81 bits per heavy atom. The Kier molecular flexibility index (Phi) is 4.73. The molecule has 0 aliphatic carbocycles. The van der Waals surface area contributed by atoms with Crippen LogP contribution in [0.2, 0.25) is 0 Å². The molecule has 0 atom stereocenters. The minimum absolute atomic E-state index is 0.610. The Labute approximate surface area is 151 Å². The normalized spacial score (nSPS) is 10.8. The van der Waals surface area contributed by atoms with Gasteiger partial charge in [0.05, 0.1) is 0 Å².